The Kier molecular flexibility index (Phi) is 7.69. The lowest BCUT2D eigenvalue weighted by molar-refractivity contribution is -0.139. The minimum atomic E-state index is -3.88. The lowest BCUT2D eigenvalue weighted by atomic mass is 10.1. The number of aliphatic carboxylic acids is 1. The molecule has 172 valence electrons. The maximum atomic E-state index is 12.7. The zero-order chi connectivity index (χ0) is 24.0. The molecular weight excluding hydrogens is 490 g/mol. The van der Waals surface area contributed by atoms with Crippen LogP contribution in [-0.4, -0.2) is 38.2 Å². The molecule has 3 N–H and O–H groups in total. The molecule has 0 aliphatic rings. The summed E-state index contributed by atoms with van der Waals surface area (Å²) >= 11 is 7.04. The van der Waals surface area contributed by atoms with Crippen molar-refractivity contribution in [1.82, 2.24) is 5.43 Å². The predicted octanol–water partition coefficient (Wildman–Crippen LogP) is 3.74. The van der Waals surface area contributed by atoms with Gasteiger partial charge in [0, 0.05) is 10.6 Å². The third-order valence-electron chi connectivity index (χ3n) is 4.12. The average Bonchev–Trinajstić information content (AvgIpc) is 3.30. The number of benzene rings is 2. The number of carboxylic acids is 1. The highest BCUT2D eigenvalue weighted by molar-refractivity contribution is 7.94. The number of ether oxygens (including phenoxy) is 1. The number of anilines is 1. The SMILES string of the molecule is Cc1ccc(OCC(=O)O)c(/C=N\NC(=O)c2cc(Cl)ccc2NS(=O)(=O)c2cccs2)c1. The Hall–Kier alpha value is -3.41. The van der Waals surface area contributed by atoms with Crippen molar-refractivity contribution in [1.29, 1.82) is 0 Å². The van der Waals surface area contributed by atoms with Crippen molar-refractivity contribution in [2.24, 2.45) is 5.10 Å². The van der Waals surface area contributed by atoms with E-state index in [1.165, 1.54) is 30.5 Å². The van der Waals surface area contributed by atoms with E-state index in [0.717, 1.165) is 16.9 Å². The standard InChI is InChI=1S/C21H18ClN3O6S2/c1-13-4-7-18(31-12-19(26)27)14(9-13)11-23-24-21(28)16-10-15(22)5-6-17(16)25-33(29,30)20-3-2-8-32-20/h2-11,25H,12H2,1H3,(H,24,28)(H,26,27)/b23-11-. The van der Waals surface area contributed by atoms with Crippen LogP contribution >= 0.6 is 22.9 Å². The first-order chi connectivity index (χ1) is 15.7. The van der Waals surface area contributed by atoms with Crippen LogP contribution in [0.2, 0.25) is 5.02 Å². The molecule has 9 nitrogen and oxygen atoms in total. The summed E-state index contributed by atoms with van der Waals surface area (Å²) in [6.07, 6.45) is 1.29. The minimum Gasteiger partial charge on any atom is -0.481 e. The number of hydrazone groups is 1. The molecule has 0 saturated heterocycles. The van der Waals surface area contributed by atoms with Crippen molar-refractivity contribution in [3.05, 3.63) is 75.6 Å². The van der Waals surface area contributed by atoms with Crippen LogP contribution < -0.4 is 14.9 Å². The first-order valence-electron chi connectivity index (χ1n) is 9.30. The van der Waals surface area contributed by atoms with Crippen LogP contribution in [0.1, 0.15) is 21.5 Å². The van der Waals surface area contributed by atoms with Gasteiger partial charge in [0.25, 0.3) is 15.9 Å². The summed E-state index contributed by atoms with van der Waals surface area (Å²) in [7, 11) is -3.88. The molecule has 3 rings (SSSR count). The van der Waals surface area contributed by atoms with Gasteiger partial charge in [-0.15, -0.1) is 11.3 Å². The zero-order valence-electron chi connectivity index (χ0n) is 17.1. The Morgan fingerprint density at radius 3 is 2.70 bits per heavy atom. The van der Waals surface area contributed by atoms with Crippen LogP contribution in [0.25, 0.3) is 0 Å². The van der Waals surface area contributed by atoms with Gasteiger partial charge in [0.1, 0.15) is 9.96 Å². The highest BCUT2D eigenvalue weighted by Crippen LogP contribution is 2.25. The third-order valence-corrected chi connectivity index (χ3v) is 7.11. The fraction of sp³-hybridized carbons (Fsp3) is 0.0952. The second-order valence-electron chi connectivity index (χ2n) is 6.65. The number of aryl methyl sites for hydroxylation is 1. The highest BCUT2D eigenvalue weighted by Gasteiger charge is 2.20. The van der Waals surface area contributed by atoms with Gasteiger partial charge < -0.3 is 9.84 Å². The van der Waals surface area contributed by atoms with Gasteiger partial charge in [-0.1, -0.05) is 29.3 Å². The average molecular weight is 508 g/mol. The number of thiophene rings is 1. The van der Waals surface area contributed by atoms with Gasteiger partial charge in [0.15, 0.2) is 6.61 Å². The first kappa shape index (κ1) is 24.2. The Morgan fingerprint density at radius 2 is 2.00 bits per heavy atom. The normalized spacial score (nSPS) is 11.3. The monoisotopic (exact) mass is 507 g/mol. The molecule has 1 aromatic heterocycles. The molecule has 0 aliphatic heterocycles. The van der Waals surface area contributed by atoms with Gasteiger partial charge in [-0.3, -0.25) is 9.52 Å². The number of nitrogens with zero attached hydrogens (tertiary/aromatic N) is 1. The van der Waals surface area contributed by atoms with Crippen molar-refractivity contribution < 1.29 is 27.9 Å². The summed E-state index contributed by atoms with van der Waals surface area (Å²) in [6, 6.07) is 12.2. The quantitative estimate of drug-likeness (QED) is 0.298. The Bertz CT molecular complexity index is 1310. The molecule has 12 heteroatoms. The number of carbonyl (C=O) groups is 2. The number of rotatable bonds is 9. The smallest absolute Gasteiger partial charge is 0.341 e. The molecule has 0 atom stereocenters. The van der Waals surface area contributed by atoms with E-state index in [2.05, 4.69) is 15.2 Å². The molecule has 0 spiro atoms. The molecule has 1 heterocycles. The molecule has 33 heavy (non-hydrogen) atoms. The van der Waals surface area contributed by atoms with E-state index in [1.807, 2.05) is 6.92 Å². The molecule has 0 unspecified atom stereocenters. The van der Waals surface area contributed by atoms with Crippen molar-refractivity contribution in [3.8, 4) is 5.75 Å². The number of hydrogen-bond acceptors (Lipinski definition) is 7. The molecule has 0 radical (unpaired) electrons. The summed E-state index contributed by atoms with van der Waals surface area (Å²) < 4.78 is 32.8. The number of nitrogens with one attached hydrogen (secondary N) is 2. The maximum Gasteiger partial charge on any atom is 0.341 e. The van der Waals surface area contributed by atoms with Crippen LogP contribution in [0.4, 0.5) is 5.69 Å². The third kappa shape index (κ3) is 6.54. The van der Waals surface area contributed by atoms with E-state index in [0.29, 0.717) is 5.56 Å². The van der Waals surface area contributed by atoms with Crippen LogP contribution in [0, 0.1) is 6.92 Å². The van der Waals surface area contributed by atoms with E-state index in [9.17, 15) is 18.0 Å². The van der Waals surface area contributed by atoms with Crippen molar-refractivity contribution in [3.63, 3.8) is 0 Å². The Morgan fingerprint density at radius 1 is 1.21 bits per heavy atom. The van der Waals surface area contributed by atoms with Gasteiger partial charge in [-0.05, 0) is 48.7 Å². The molecule has 0 saturated carbocycles. The minimum absolute atomic E-state index is 0.0292. The van der Waals surface area contributed by atoms with Crippen LogP contribution in [0.3, 0.4) is 0 Å². The fourth-order valence-corrected chi connectivity index (χ4v) is 4.91. The number of sulfonamides is 1. The lowest BCUT2D eigenvalue weighted by Gasteiger charge is -2.11. The van der Waals surface area contributed by atoms with E-state index in [1.54, 1.807) is 29.6 Å². The second-order valence-corrected chi connectivity index (χ2v) is 9.94. The predicted molar refractivity (Wildman–Crippen MR) is 126 cm³/mol. The maximum absolute atomic E-state index is 12.7. The van der Waals surface area contributed by atoms with E-state index < -0.39 is 28.5 Å². The van der Waals surface area contributed by atoms with Crippen molar-refractivity contribution >= 4 is 56.7 Å². The van der Waals surface area contributed by atoms with Gasteiger partial charge >= 0.3 is 5.97 Å². The largest absolute Gasteiger partial charge is 0.481 e. The van der Waals surface area contributed by atoms with Gasteiger partial charge in [-0.2, -0.15) is 5.10 Å². The molecule has 0 aliphatic carbocycles. The number of amides is 1. The number of carbonyl (C=O) groups excluding carboxylic acids is 1. The second kappa shape index (κ2) is 10.5. The molecule has 1 amide bonds. The number of carboxylic acid groups (broad SMARTS) is 1. The summed E-state index contributed by atoms with van der Waals surface area (Å²) in [5.74, 6) is -1.57. The number of halogens is 1. The Labute approximate surface area is 198 Å². The molecular formula is C21H18ClN3O6S2. The van der Waals surface area contributed by atoms with Crippen LogP contribution in [0.15, 0.2) is 63.2 Å². The number of hydrogen-bond donors (Lipinski definition) is 3. The zero-order valence-corrected chi connectivity index (χ0v) is 19.5. The van der Waals surface area contributed by atoms with E-state index in [-0.39, 0.29) is 26.2 Å². The van der Waals surface area contributed by atoms with Gasteiger partial charge in [0.2, 0.25) is 0 Å². The molecule has 3 aromatic rings. The fourth-order valence-electron chi connectivity index (χ4n) is 2.67. The summed E-state index contributed by atoms with van der Waals surface area (Å²) in [5, 5.41) is 14.6. The van der Waals surface area contributed by atoms with E-state index in [4.69, 9.17) is 21.4 Å². The van der Waals surface area contributed by atoms with Gasteiger partial charge in [0.05, 0.1) is 17.5 Å². The lowest BCUT2D eigenvalue weighted by Crippen LogP contribution is -2.21. The molecule has 0 bridgehead atoms. The van der Waals surface area contributed by atoms with Crippen LogP contribution in [-0.2, 0) is 14.8 Å². The topological polar surface area (TPSA) is 134 Å². The summed E-state index contributed by atoms with van der Waals surface area (Å²) in [6.45, 7) is 1.29. The molecule has 0 fully saturated rings. The summed E-state index contributed by atoms with van der Waals surface area (Å²) in [5.41, 5.74) is 3.62. The van der Waals surface area contributed by atoms with Gasteiger partial charge in [-0.25, -0.2) is 18.6 Å². The molecule has 2 aromatic carbocycles. The first-order valence-corrected chi connectivity index (χ1v) is 12.0. The van der Waals surface area contributed by atoms with Crippen LogP contribution in [0.5, 0.6) is 5.75 Å². The van der Waals surface area contributed by atoms with Crippen molar-refractivity contribution in [2.45, 2.75) is 11.1 Å². The van der Waals surface area contributed by atoms with Crippen molar-refractivity contribution in [2.75, 3.05) is 11.3 Å². The van der Waals surface area contributed by atoms with E-state index >= 15 is 0 Å². The highest BCUT2D eigenvalue weighted by atomic mass is 35.5. The summed E-state index contributed by atoms with van der Waals surface area (Å²) in [4.78, 5) is 23.5. The Balaban J connectivity index is 1.80.